The zero-order valence-electron chi connectivity index (χ0n) is 16.3. The first-order chi connectivity index (χ1) is 12.8. The van der Waals surface area contributed by atoms with Crippen LogP contribution in [0.5, 0.6) is 5.75 Å². The van der Waals surface area contributed by atoms with Crippen molar-refractivity contribution in [3.05, 3.63) is 63.7 Å². The maximum atomic E-state index is 6.39. The summed E-state index contributed by atoms with van der Waals surface area (Å²) in [5.41, 5.74) is 10.3. The second kappa shape index (κ2) is 9.83. The van der Waals surface area contributed by atoms with Gasteiger partial charge in [-0.15, -0.1) is 0 Å². The van der Waals surface area contributed by atoms with E-state index in [1.165, 1.54) is 5.56 Å². The predicted octanol–water partition coefficient (Wildman–Crippen LogP) is 4.52. The lowest BCUT2D eigenvalue weighted by Crippen LogP contribution is -2.20. The van der Waals surface area contributed by atoms with E-state index < -0.39 is 0 Å². The predicted molar refractivity (Wildman–Crippen MR) is 118 cm³/mol. The standard InChI is InChI=1S/C21H26ClN3OS/c1-5-25(4)11-10-17-13-18(22)19(12-15(17)3)26-21(27)24-20(23)16-8-6-14(2)7-9-16/h6-9,12-13H,5,10-11H2,1-4H3,(H2,23,24,27). The van der Waals surface area contributed by atoms with E-state index in [-0.39, 0.29) is 5.17 Å². The molecule has 0 aliphatic heterocycles. The number of likely N-dealkylation sites (N-methyl/N-ethyl adjacent to an activating group) is 1. The van der Waals surface area contributed by atoms with Crippen LogP contribution in [0.3, 0.4) is 0 Å². The number of amidine groups is 1. The van der Waals surface area contributed by atoms with Gasteiger partial charge < -0.3 is 15.4 Å². The molecule has 144 valence electrons. The van der Waals surface area contributed by atoms with Crippen molar-refractivity contribution in [1.29, 1.82) is 0 Å². The van der Waals surface area contributed by atoms with E-state index in [0.29, 0.717) is 16.6 Å². The largest absolute Gasteiger partial charge is 0.429 e. The number of ether oxygens (including phenoxy) is 1. The monoisotopic (exact) mass is 403 g/mol. The summed E-state index contributed by atoms with van der Waals surface area (Å²) in [5.74, 6) is 0.805. The number of thiocarbonyl (C=S) groups is 1. The van der Waals surface area contributed by atoms with Crippen LogP contribution in [0, 0.1) is 13.8 Å². The quantitative estimate of drug-likeness (QED) is 0.437. The van der Waals surface area contributed by atoms with Gasteiger partial charge in [0.2, 0.25) is 0 Å². The van der Waals surface area contributed by atoms with Gasteiger partial charge in [0.1, 0.15) is 11.6 Å². The van der Waals surface area contributed by atoms with Gasteiger partial charge in [-0.25, -0.2) is 0 Å². The minimum absolute atomic E-state index is 0.0350. The molecule has 0 fully saturated rings. The van der Waals surface area contributed by atoms with E-state index in [1.807, 2.05) is 50.2 Å². The summed E-state index contributed by atoms with van der Waals surface area (Å²) < 4.78 is 5.67. The van der Waals surface area contributed by atoms with Gasteiger partial charge in [0, 0.05) is 12.1 Å². The molecule has 0 unspecified atom stereocenters. The Morgan fingerprint density at radius 2 is 1.89 bits per heavy atom. The fraction of sp³-hybridized carbons (Fsp3) is 0.333. The summed E-state index contributed by atoms with van der Waals surface area (Å²) in [6.45, 7) is 8.18. The molecule has 4 nitrogen and oxygen atoms in total. The zero-order valence-corrected chi connectivity index (χ0v) is 17.8. The van der Waals surface area contributed by atoms with Crippen molar-refractivity contribution in [1.82, 2.24) is 4.90 Å². The maximum absolute atomic E-state index is 6.39. The molecule has 0 aromatic heterocycles. The Kier molecular flexibility index (Phi) is 7.78. The molecular formula is C21H26ClN3OS. The van der Waals surface area contributed by atoms with Gasteiger partial charge in [-0.3, -0.25) is 0 Å². The second-order valence-electron chi connectivity index (χ2n) is 6.59. The van der Waals surface area contributed by atoms with Crippen LogP contribution in [0.1, 0.15) is 29.2 Å². The van der Waals surface area contributed by atoms with E-state index in [9.17, 15) is 0 Å². The number of nitrogens with zero attached hydrogens (tertiary/aromatic N) is 2. The van der Waals surface area contributed by atoms with Crippen molar-refractivity contribution in [2.45, 2.75) is 27.2 Å². The van der Waals surface area contributed by atoms with Crippen molar-refractivity contribution in [2.75, 3.05) is 20.1 Å². The van der Waals surface area contributed by atoms with Gasteiger partial charge in [0.05, 0.1) is 5.02 Å². The SMILES string of the molecule is CCN(C)CCc1cc(Cl)c(OC(=S)N=C(N)c2ccc(C)cc2)cc1C. The van der Waals surface area contributed by atoms with Gasteiger partial charge in [-0.2, -0.15) is 4.99 Å². The molecule has 0 aliphatic carbocycles. The van der Waals surface area contributed by atoms with E-state index in [2.05, 4.69) is 23.9 Å². The van der Waals surface area contributed by atoms with Crippen LogP contribution in [0.4, 0.5) is 0 Å². The molecule has 2 aromatic rings. The third-order valence-corrected chi connectivity index (χ3v) is 4.92. The maximum Gasteiger partial charge on any atom is 0.290 e. The van der Waals surface area contributed by atoms with Gasteiger partial charge in [0.15, 0.2) is 0 Å². The van der Waals surface area contributed by atoms with Gasteiger partial charge in [0.25, 0.3) is 5.17 Å². The third-order valence-electron chi connectivity index (χ3n) is 4.45. The van der Waals surface area contributed by atoms with Crippen molar-refractivity contribution < 1.29 is 4.74 Å². The minimum atomic E-state index is 0.0350. The molecule has 0 aliphatic rings. The van der Waals surface area contributed by atoms with Crippen LogP contribution in [0.25, 0.3) is 0 Å². The number of aliphatic imine (C=N–C) groups is 1. The molecule has 0 spiro atoms. The van der Waals surface area contributed by atoms with Gasteiger partial charge >= 0.3 is 0 Å². The van der Waals surface area contributed by atoms with Crippen LogP contribution in [0.2, 0.25) is 5.02 Å². The molecule has 0 bridgehead atoms. The molecule has 6 heteroatoms. The molecule has 0 saturated heterocycles. The molecule has 2 N–H and O–H groups in total. The Morgan fingerprint density at radius 3 is 2.52 bits per heavy atom. The number of benzene rings is 2. The highest BCUT2D eigenvalue weighted by atomic mass is 35.5. The number of nitrogens with two attached hydrogens (primary N) is 1. The third kappa shape index (κ3) is 6.31. The zero-order chi connectivity index (χ0) is 20.0. The molecule has 0 saturated carbocycles. The Hall–Kier alpha value is -1.95. The molecule has 0 atom stereocenters. The molecule has 0 amide bonds. The number of aryl methyl sites for hydroxylation is 2. The Morgan fingerprint density at radius 1 is 1.22 bits per heavy atom. The molecule has 27 heavy (non-hydrogen) atoms. The number of halogens is 1. The molecule has 2 aromatic carbocycles. The van der Waals surface area contributed by atoms with E-state index in [0.717, 1.165) is 36.2 Å². The Bertz CT molecular complexity index is 834. The number of hydrogen-bond acceptors (Lipinski definition) is 3. The highest BCUT2D eigenvalue weighted by Gasteiger charge is 2.11. The van der Waals surface area contributed by atoms with Gasteiger partial charge in [-0.05, 0) is 69.3 Å². The number of hydrogen-bond donors (Lipinski definition) is 1. The van der Waals surface area contributed by atoms with Crippen molar-refractivity contribution in [2.24, 2.45) is 10.7 Å². The fourth-order valence-electron chi connectivity index (χ4n) is 2.52. The Balaban J connectivity index is 2.10. The second-order valence-corrected chi connectivity index (χ2v) is 7.34. The van der Waals surface area contributed by atoms with Crippen molar-refractivity contribution in [3.8, 4) is 5.75 Å². The topological polar surface area (TPSA) is 50.8 Å². The van der Waals surface area contributed by atoms with Crippen molar-refractivity contribution >= 4 is 34.8 Å². The fourth-order valence-corrected chi connectivity index (χ4v) is 2.93. The van der Waals surface area contributed by atoms with Crippen LogP contribution in [0.15, 0.2) is 41.4 Å². The highest BCUT2D eigenvalue weighted by molar-refractivity contribution is 7.80. The number of rotatable bonds is 6. The minimum Gasteiger partial charge on any atom is -0.429 e. The lowest BCUT2D eigenvalue weighted by atomic mass is 10.1. The average molecular weight is 404 g/mol. The van der Waals surface area contributed by atoms with Crippen molar-refractivity contribution in [3.63, 3.8) is 0 Å². The van der Waals surface area contributed by atoms with Crippen LogP contribution >= 0.6 is 23.8 Å². The van der Waals surface area contributed by atoms with Crippen LogP contribution < -0.4 is 10.5 Å². The smallest absolute Gasteiger partial charge is 0.290 e. The lowest BCUT2D eigenvalue weighted by Gasteiger charge is -2.16. The lowest BCUT2D eigenvalue weighted by molar-refractivity contribution is 0.357. The highest BCUT2D eigenvalue weighted by Crippen LogP contribution is 2.29. The average Bonchev–Trinajstić information content (AvgIpc) is 2.63. The first kappa shape index (κ1) is 21.4. The van der Waals surface area contributed by atoms with Crippen LogP contribution in [-0.4, -0.2) is 36.0 Å². The Labute approximate surface area is 172 Å². The van der Waals surface area contributed by atoms with Gasteiger partial charge in [-0.1, -0.05) is 48.4 Å². The van der Waals surface area contributed by atoms with Crippen LogP contribution in [-0.2, 0) is 6.42 Å². The summed E-state index contributed by atoms with van der Waals surface area (Å²) in [5, 5.41) is 0.550. The first-order valence-electron chi connectivity index (χ1n) is 8.90. The summed E-state index contributed by atoms with van der Waals surface area (Å²) in [6.07, 6.45) is 0.930. The molecular weight excluding hydrogens is 378 g/mol. The molecule has 0 radical (unpaired) electrons. The molecule has 2 rings (SSSR count). The normalized spacial score (nSPS) is 11.7. The summed E-state index contributed by atoms with van der Waals surface area (Å²) in [6, 6.07) is 11.6. The van der Waals surface area contributed by atoms with E-state index >= 15 is 0 Å². The summed E-state index contributed by atoms with van der Waals surface area (Å²) >= 11 is 11.6. The van der Waals surface area contributed by atoms with E-state index in [1.54, 1.807) is 0 Å². The molecule has 0 heterocycles. The first-order valence-corrected chi connectivity index (χ1v) is 9.69. The summed E-state index contributed by atoms with van der Waals surface area (Å²) in [4.78, 5) is 6.43. The van der Waals surface area contributed by atoms with E-state index in [4.69, 9.17) is 34.3 Å². The summed E-state index contributed by atoms with van der Waals surface area (Å²) in [7, 11) is 2.10.